The highest BCUT2D eigenvalue weighted by molar-refractivity contribution is 5.71. The minimum atomic E-state index is -0.759. The molecule has 6 heteroatoms. The monoisotopic (exact) mass is 737 g/mol. The van der Waals surface area contributed by atoms with Crippen LogP contribution in [0.2, 0.25) is 0 Å². The van der Waals surface area contributed by atoms with E-state index in [1.165, 1.54) is 135 Å². The van der Waals surface area contributed by atoms with E-state index in [1.807, 2.05) is 0 Å². The molecule has 308 valence electrons. The number of rotatable bonds is 40. The van der Waals surface area contributed by atoms with Gasteiger partial charge >= 0.3 is 17.9 Å². The Labute approximate surface area is 323 Å². The van der Waals surface area contributed by atoms with E-state index in [1.54, 1.807) is 0 Å². The molecule has 0 radical (unpaired) electrons. The molecule has 0 heterocycles. The summed E-state index contributed by atoms with van der Waals surface area (Å²) in [7, 11) is 0. The van der Waals surface area contributed by atoms with Gasteiger partial charge in [0.15, 0.2) is 6.10 Å². The first-order valence-electron chi connectivity index (χ1n) is 22.7. The Hall–Kier alpha value is -1.59. The fourth-order valence-corrected chi connectivity index (χ4v) is 6.75. The molecule has 0 aliphatic heterocycles. The van der Waals surface area contributed by atoms with E-state index in [0.717, 1.165) is 69.6 Å². The van der Waals surface area contributed by atoms with Crippen LogP contribution in [0, 0.1) is 11.8 Å². The second kappa shape index (κ2) is 39.1. The maximum atomic E-state index is 12.6. The molecule has 0 spiro atoms. The molecule has 0 unspecified atom stereocenters. The lowest BCUT2D eigenvalue weighted by Crippen LogP contribution is -2.30. The van der Waals surface area contributed by atoms with Crippen LogP contribution in [0.5, 0.6) is 0 Å². The van der Waals surface area contributed by atoms with Gasteiger partial charge in [0, 0.05) is 19.3 Å². The first-order chi connectivity index (χ1) is 25.2. The summed E-state index contributed by atoms with van der Waals surface area (Å²) >= 11 is 0. The lowest BCUT2D eigenvalue weighted by molar-refractivity contribution is -0.167. The van der Waals surface area contributed by atoms with Gasteiger partial charge in [0.2, 0.25) is 0 Å². The summed E-state index contributed by atoms with van der Waals surface area (Å²) in [5.74, 6) is 0.753. The molecule has 0 aromatic rings. The Bertz CT molecular complexity index is 794. The van der Waals surface area contributed by atoms with Crippen LogP contribution < -0.4 is 0 Å². The Morgan fingerprint density at radius 1 is 0.365 bits per heavy atom. The van der Waals surface area contributed by atoms with Crippen molar-refractivity contribution in [2.45, 2.75) is 253 Å². The molecule has 0 amide bonds. The summed E-state index contributed by atoms with van der Waals surface area (Å²) in [5, 5.41) is 0. The van der Waals surface area contributed by atoms with Gasteiger partial charge in [-0.2, -0.15) is 0 Å². The molecule has 6 nitrogen and oxygen atoms in total. The van der Waals surface area contributed by atoms with Crippen molar-refractivity contribution >= 4 is 17.9 Å². The molecule has 0 aliphatic carbocycles. The van der Waals surface area contributed by atoms with Gasteiger partial charge in [-0.05, 0) is 31.1 Å². The SMILES string of the molecule is CCCCCCCCCCCC(=O)O[C@@H](COC(=O)CCCCCCCCCCCCCCC(C)C)COC(=O)CCCCCCCCCC(C)C. The van der Waals surface area contributed by atoms with Crippen LogP contribution in [-0.4, -0.2) is 37.2 Å². The van der Waals surface area contributed by atoms with Gasteiger partial charge in [-0.25, -0.2) is 0 Å². The first-order valence-corrected chi connectivity index (χ1v) is 22.7. The number of carbonyl (C=O) groups excluding carboxylic acids is 3. The highest BCUT2D eigenvalue weighted by Gasteiger charge is 2.19. The van der Waals surface area contributed by atoms with Crippen LogP contribution in [0.4, 0.5) is 0 Å². The molecule has 0 rings (SSSR count). The van der Waals surface area contributed by atoms with Gasteiger partial charge in [0.1, 0.15) is 13.2 Å². The number of ether oxygens (including phenoxy) is 3. The molecule has 0 aromatic heterocycles. The van der Waals surface area contributed by atoms with Crippen LogP contribution in [0.25, 0.3) is 0 Å². The summed E-state index contributed by atoms with van der Waals surface area (Å²) in [6.45, 7) is 11.3. The third-order valence-corrected chi connectivity index (χ3v) is 10.2. The Morgan fingerprint density at radius 3 is 0.942 bits per heavy atom. The van der Waals surface area contributed by atoms with Crippen molar-refractivity contribution in [3.05, 3.63) is 0 Å². The van der Waals surface area contributed by atoms with Crippen molar-refractivity contribution in [1.29, 1.82) is 0 Å². The standard InChI is InChI=1S/C46H88O6/c1-6-7-8-9-10-15-22-28-33-38-46(49)52-43(40-51-45(48)37-32-27-23-18-20-25-30-35-42(4)5)39-50-44(47)36-31-26-21-17-14-12-11-13-16-19-24-29-34-41(2)3/h41-43H,6-40H2,1-5H3/t43-/m0/s1. The molecule has 0 aliphatic rings. The zero-order chi connectivity index (χ0) is 38.3. The van der Waals surface area contributed by atoms with Crippen molar-refractivity contribution in [2.75, 3.05) is 13.2 Å². The predicted molar refractivity (Wildman–Crippen MR) is 220 cm³/mol. The molecular weight excluding hydrogens is 649 g/mol. The quantitative estimate of drug-likeness (QED) is 0.0354. The van der Waals surface area contributed by atoms with E-state index in [-0.39, 0.29) is 31.1 Å². The van der Waals surface area contributed by atoms with Crippen LogP contribution in [0.3, 0.4) is 0 Å². The number of hydrogen-bond acceptors (Lipinski definition) is 6. The maximum absolute atomic E-state index is 12.6. The lowest BCUT2D eigenvalue weighted by atomic mass is 10.0. The summed E-state index contributed by atoms with van der Waals surface area (Å²) in [5.41, 5.74) is 0. The molecule has 0 saturated carbocycles. The van der Waals surface area contributed by atoms with Crippen LogP contribution in [0.1, 0.15) is 247 Å². The minimum Gasteiger partial charge on any atom is -0.462 e. The number of unbranched alkanes of at least 4 members (excludes halogenated alkanes) is 25. The smallest absolute Gasteiger partial charge is 0.306 e. The summed E-state index contributed by atoms with van der Waals surface area (Å²) in [4.78, 5) is 37.6. The predicted octanol–water partition coefficient (Wildman–Crippen LogP) is 14.2. The Balaban J connectivity index is 4.28. The van der Waals surface area contributed by atoms with Crippen molar-refractivity contribution in [3.63, 3.8) is 0 Å². The van der Waals surface area contributed by atoms with Gasteiger partial charge in [-0.15, -0.1) is 0 Å². The molecule has 0 aromatic carbocycles. The number of hydrogen-bond donors (Lipinski definition) is 0. The van der Waals surface area contributed by atoms with E-state index in [2.05, 4.69) is 34.6 Å². The molecular formula is C46H88O6. The van der Waals surface area contributed by atoms with E-state index in [9.17, 15) is 14.4 Å². The average Bonchev–Trinajstić information content (AvgIpc) is 3.11. The van der Waals surface area contributed by atoms with Gasteiger partial charge in [-0.3, -0.25) is 14.4 Å². The summed E-state index contributed by atoms with van der Waals surface area (Å²) < 4.78 is 16.7. The van der Waals surface area contributed by atoms with E-state index < -0.39 is 6.10 Å². The zero-order valence-corrected chi connectivity index (χ0v) is 35.4. The molecule has 0 N–H and O–H groups in total. The molecule has 52 heavy (non-hydrogen) atoms. The fraction of sp³-hybridized carbons (Fsp3) is 0.935. The average molecular weight is 737 g/mol. The molecule has 0 bridgehead atoms. The van der Waals surface area contributed by atoms with Gasteiger partial charge in [0.25, 0.3) is 0 Å². The van der Waals surface area contributed by atoms with Crippen molar-refractivity contribution in [2.24, 2.45) is 11.8 Å². The number of carbonyl (C=O) groups is 3. The second-order valence-corrected chi connectivity index (χ2v) is 16.6. The van der Waals surface area contributed by atoms with E-state index >= 15 is 0 Å². The van der Waals surface area contributed by atoms with Crippen molar-refractivity contribution in [3.8, 4) is 0 Å². The van der Waals surface area contributed by atoms with Crippen LogP contribution in [0.15, 0.2) is 0 Å². The molecule has 1 atom stereocenters. The summed E-state index contributed by atoms with van der Waals surface area (Å²) in [6, 6.07) is 0. The summed E-state index contributed by atoms with van der Waals surface area (Å²) in [6.07, 6.45) is 36.7. The van der Waals surface area contributed by atoms with Gasteiger partial charge in [-0.1, -0.05) is 208 Å². The van der Waals surface area contributed by atoms with Crippen LogP contribution >= 0.6 is 0 Å². The molecule has 0 saturated heterocycles. The largest absolute Gasteiger partial charge is 0.462 e. The van der Waals surface area contributed by atoms with E-state index in [0.29, 0.717) is 19.3 Å². The molecule has 0 fully saturated rings. The lowest BCUT2D eigenvalue weighted by Gasteiger charge is -2.18. The van der Waals surface area contributed by atoms with Crippen molar-refractivity contribution < 1.29 is 28.6 Å². The van der Waals surface area contributed by atoms with Gasteiger partial charge in [0.05, 0.1) is 0 Å². The Morgan fingerprint density at radius 2 is 0.635 bits per heavy atom. The van der Waals surface area contributed by atoms with Crippen LogP contribution in [-0.2, 0) is 28.6 Å². The van der Waals surface area contributed by atoms with Gasteiger partial charge < -0.3 is 14.2 Å². The minimum absolute atomic E-state index is 0.0653. The normalized spacial score (nSPS) is 12.1. The highest BCUT2D eigenvalue weighted by atomic mass is 16.6. The highest BCUT2D eigenvalue weighted by Crippen LogP contribution is 2.16. The maximum Gasteiger partial charge on any atom is 0.306 e. The van der Waals surface area contributed by atoms with E-state index in [4.69, 9.17) is 14.2 Å². The number of esters is 3. The Kier molecular flexibility index (Phi) is 37.9. The first kappa shape index (κ1) is 50.4. The third-order valence-electron chi connectivity index (χ3n) is 10.2. The third kappa shape index (κ3) is 39.6. The topological polar surface area (TPSA) is 78.9 Å². The second-order valence-electron chi connectivity index (χ2n) is 16.6. The fourth-order valence-electron chi connectivity index (χ4n) is 6.75. The van der Waals surface area contributed by atoms with Crippen molar-refractivity contribution in [1.82, 2.24) is 0 Å². The zero-order valence-electron chi connectivity index (χ0n) is 35.4.